The molecule has 1 fully saturated rings. The average Bonchev–Trinajstić information content (AvgIpc) is 2.80. The van der Waals surface area contributed by atoms with Crippen molar-refractivity contribution in [2.45, 2.75) is 33.1 Å². The van der Waals surface area contributed by atoms with Crippen molar-refractivity contribution in [1.29, 1.82) is 0 Å². The number of carbonyl (C=O) groups excluding carboxylic acids is 2. The lowest BCUT2D eigenvalue weighted by molar-refractivity contribution is -0.143. The van der Waals surface area contributed by atoms with Gasteiger partial charge < -0.3 is 4.74 Å². The zero-order chi connectivity index (χ0) is 9.84. The van der Waals surface area contributed by atoms with Crippen LogP contribution >= 0.6 is 0 Å². The van der Waals surface area contributed by atoms with Crippen molar-refractivity contribution in [3.8, 4) is 0 Å². The summed E-state index contributed by atoms with van der Waals surface area (Å²) in [4.78, 5) is 21.8. The van der Waals surface area contributed by atoms with Crippen LogP contribution in [0.25, 0.3) is 0 Å². The molecular formula is C10H16O3. The fourth-order valence-corrected chi connectivity index (χ4v) is 1.60. The van der Waals surface area contributed by atoms with Gasteiger partial charge in [-0.3, -0.25) is 9.59 Å². The quantitative estimate of drug-likeness (QED) is 0.609. The van der Waals surface area contributed by atoms with E-state index in [1.807, 2.05) is 0 Å². The van der Waals surface area contributed by atoms with Crippen LogP contribution < -0.4 is 0 Å². The van der Waals surface area contributed by atoms with Gasteiger partial charge in [0.2, 0.25) is 0 Å². The Hall–Kier alpha value is -0.860. The van der Waals surface area contributed by atoms with Crippen LogP contribution in [0.1, 0.15) is 33.1 Å². The number of Topliss-reactive ketones (excluding diaryl/α,β-unsaturated/α-hetero) is 1. The third-order valence-electron chi connectivity index (χ3n) is 2.47. The largest absolute Gasteiger partial charge is 0.466 e. The highest BCUT2D eigenvalue weighted by molar-refractivity contribution is 5.81. The molecule has 0 aromatic carbocycles. The first kappa shape index (κ1) is 10.2. The molecule has 0 aromatic rings. The zero-order valence-electron chi connectivity index (χ0n) is 8.21. The Balaban J connectivity index is 2.09. The molecule has 2 atom stereocenters. The van der Waals surface area contributed by atoms with Crippen LogP contribution in [0.2, 0.25) is 0 Å². The summed E-state index contributed by atoms with van der Waals surface area (Å²) in [5, 5.41) is 0. The van der Waals surface area contributed by atoms with E-state index in [1.165, 1.54) is 0 Å². The molecule has 0 spiro atoms. The molecule has 0 N–H and O–H groups in total. The lowest BCUT2D eigenvalue weighted by Gasteiger charge is -1.99. The van der Waals surface area contributed by atoms with Crippen molar-refractivity contribution in [3.05, 3.63) is 0 Å². The van der Waals surface area contributed by atoms with Crippen molar-refractivity contribution >= 4 is 11.8 Å². The molecule has 1 saturated carbocycles. The molecule has 1 rings (SSSR count). The predicted octanol–water partition coefficient (Wildman–Crippen LogP) is 1.55. The van der Waals surface area contributed by atoms with Gasteiger partial charge in [0.05, 0.1) is 6.61 Å². The summed E-state index contributed by atoms with van der Waals surface area (Å²) in [6.07, 6.45) is 2.24. The standard InChI is InChI=1S/C10H16O3/c1-3-13-10(12)5-4-8-6-9(8)7(2)11/h8-9H,3-6H2,1-2H3. The third kappa shape index (κ3) is 3.17. The Labute approximate surface area is 78.5 Å². The summed E-state index contributed by atoms with van der Waals surface area (Å²) in [5.41, 5.74) is 0. The van der Waals surface area contributed by atoms with E-state index in [4.69, 9.17) is 4.74 Å². The molecule has 3 heteroatoms. The second-order valence-corrected chi connectivity index (χ2v) is 3.56. The fourth-order valence-electron chi connectivity index (χ4n) is 1.60. The second-order valence-electron chi connectivity index (χ2n) is 3.56. The first-order chi connectivity index (χ1) is 6.15. The van der Waals surface area contributed by atoms with Gasteiger partial charge in [0.1, 0.15) is 5.78 Å². The van der Waals surface area contributed by atoms with E-state index in [2.05, 4.69) is 0 Å². The SMILES string of the molecule is CCOC(=O)CCC1CC1C(C)=O. The molecule has 0 bridgehead atoms. The minimum atomic E-state index is -0.142. The Kier molecular flexibility index (Phi) is 3.46. The highest BCUT2D eigenvalue weighted by Crippen LogP contribution is 2.42. The topological polar surface area (TPSA) is 43.4 Å². The van der Waals surface area contributed by atoms with Crippen molar-refractivity contribution in [2.24, 2.45) is 11.8 Å². The summed E-state index contributed by atoms with van der Waals surface area (Å²) < 4.78 is 4.79. The average molecular weight is 184 g/mol. The highest BCUT2D eigenvalue weighted by atomic mass is 16.5. The summed E-state index contributed by atoms with van der Waals surface area (Å²) in [6.45, 7) is 3.86. The molecule has 3 nitrogen and oxygen atoms in total. The van der Waals surface area contributed by atoms with Crippen molar-refractivity contribution in [3.63, 3.8) is 0 Å². The van der Waals surface area contributed by atoms with Crippen molar-refractivity contribution in [1.82, 2.24) is 0 Å². The highest BCUT2D eigenvalue weighted by Gasteiger charge is 2.40. The lowest BCUT2D eigenvalue weighted by Crippen LogP contribution is -2.04. The summed E-state index contributed by atoms with van der Waals surface area (Å²) in [5.74, 6) is 0.793. The van der Waals surface area contributed by atoms with Crippen LogP contribution in [-0.2, 0) is 14.3 Å². The Morgan fingerprint density at radius 1 is 1.46 bits per heavy atom. The third-order valence-corrected chi connectivity index (χ3v) is 2.47. The maximum Gasteiger partial charge on any atom is 0.305 e. The van der Waals surface area contributed by atoms with E-state index in [0.29, 0.717) is 18.9 Å². The molecule has 0 radical (unpaired) electrons. The van der Waals surface area contributed by atoms with Crippen LogP contribution in [0.4, 0.5) is 0 Å². The normalized spacial score (nSPS) is 25.4. The van der Waals surface area contributed by atoms with Crippen LogP contribution in [-0.4, -0.2) is 18.4 Å². The molecule has 2 unspecified atom stereocenters. The molecule has 0 amide bonds. The minimum Gasteiger partial charge on any atom is -0.466 e. The van der Waals surface area contributed by atoms with Gasteiger partial charge in [-0.2, -0.15) is 0 Å². The number of hydrogen-bond acceptors (Lipinski definition) is 3. The van der Waals surface area contributed by atoms with Gasteiger partial charge >= 0.3 is 5.97 Å². The van der Waals surface area contributed by atoms with E-state index >= 15 is 0 Å². The van der Waals surface area contributed by atoms with Gasteiger partial charge in [-0.25, -0.2) is 0 Å². The molecule has 74 valence electrons. The van der Waals surface area contributed by atoms with Gasteiger partial charge in [0.15, 0.2) is 0 Å². The Bertz CT molecular complexity index is 210. The maximum absolute atomic E-state index is 10.9. The molecule has 0 aromatic heterocycles. The van der Waals surface area contributed by atoms with Gasteiger partial charge in [-0.05, 0) is 32.6 Å². The second kappa shape index (κ2) is 4.40. The van der Waals surface area contributed by atoms with E-state index in [0.717, 1.165) is 12.8 Å². The smallest absolute Gasteiger partial charge is 0.305 e. The first-order valence-corrected chi connectivity index (χ1v) is 4.81. The van der Waals surface area contributed by atoms with E-state index < -0.39 is 0 Å². The van der Waals surface area contributed by atoms with Crippen molar-refractivity contribution in [2.75, 3.05) is 6.61 Å². The van der Waals surface area contributed by atoms with Gasteiger partial charge in [0, 0.05) is 12.3 Å². The summed E-state index contributed by atoms with van der Waals surface area (Å²) in [7, 11) is 0. The van der Waals surface area contributed by atoms with Gasteiger partial charge in [-0.15, -0.1) is 0 Å². The monoisotopic (exact) mass is 184 g/mol. The van der Waals surface area contributed by atoms with E-state index in [-0.39, 0.29) is 17.7 Å². The summed E-state index contributed by atoms with van der Waals surface area (Å²) >= 11 is 0. The first-order valence-electron chi connectivity index (χ1n) is 4.81. The van der Waals surface area contributed by atoms with E-state index in [9.17, 15) is 9.59 Å². The predicted molar refractivity (Wildman–Crippen MR) is 48.1 cm³/mol. The number of rotatable bonds is 5. The molecule has 1 aliphatic rings. The van der Waals surface area contributed by atoms with E-state index in [1.54, 1.807) is 13.8 Å². The van der Waals surface area contributed by atoms with Crippen LogP contribution in [0, 0.1) is 11.8 Å². The number of ether oxygens (including phenoxy) is 1. The Morgan fingerprint density at radius 2 is 2.15 bits per heavy atom. The van der Waals surface area contributed by atoms with Crippen molar-refractivity contribution < 1.29 is 14.3 Å². The molecular weight excluding hydrogens is 168 g/mol. The summed E-state index contributed by atoms with van der Waals surface area (Å²) in [6, 6.07) is 0. The van der Waals surface area contributed by atoms with Crippen LogP contribution in [0.5, 0.6) is 0 Å². The maximum atomic E-state index is 10.9. The molecule has 0 aliphatic heterocycles. The number of carbonyl (C=O) groups is 2. The number of esters is 1. The fraction of sp³-hybridized carbons (Fsp3) is 0.800. The van der Waals surface area contributed by atoms with Gasteiger partial charge in [-0.1, -0.05) is 0 Å². The van der Waals surface area contributed by atoms with Crippen LogP contribution in [0.15, 0.2) is 0 Å². The van der Waals surface area contributed by atoms with Gasteiger partial charge in [0.25, 0.3) is 0 Å². The Morgan fingerprint density at radius 3 is 2.62 bits per heavy atom. The molecule has 0 heterocycles. The molecule has 13 heavy (non-hydrogen) atoms. The number of hydrogen-bond donors (Lipinski definition) is 0. The minimum absolute atomic E-state index is 0.142. The zero-order valence-corrected chi connectivity index (χ0v) is 8.21. The molecule has 0 saturated heterocycles. The molecule has 1 aliphatic carbocycles. The lowest BCUT2D eigenvalue weighted by atomic mass is 10.1. The number of ketones is 1. The van der Waals surface area contributed by atoms with Crippen LogP contribution in [0.3, 0.4) is 0 Å².